The number of terminal acetylenes is 1. The number of hydrogen-bond acceptors (Lipinski definition) is 3. The van der Waals surface area contributed by atoms with Crippen molar-refractivity contribution >= 4 is 48.9 Å². The van der Waals surface area contributed by atoms with Crippen LogP contribution in [0.2, 0.25) is 0 Å². The molecule has 0 atom stereocenters. The summed E-state index contributed by atoms with van der Waals surface area (Å²) >= 11 is 4.74. The fourth-order valence-corrected chi connectivity index (χ4v) is 2.85. The number of nitrogen functional groups attached to an aromatic ring is 1. The first-order chi connectivity index (χ1) is 8.13. The number of benzene rings is 1. The summed E-state index contributed by atoms with van der Waals surface area (Å²) in [5.41, 5.74) is 6.46. The fourth-order valence-electron chi connectivity index (χ4n) is 1.47. The quantitative estimate of drug-likeness (QED) is 0.838. The van der Waals surface area contributed by atoms with Gasteiger partial charge in [0.2, 0.25) is 0 Å². The van der Waals surface area contributed by atoms with Crippen molar-refractivity contribution in [3.05, 3.63) is 27.5 Å². The van der Waals surface area contributed by atoms with Gasteiger partial charge in [0.05, 0.1) is 12.2 Å². The van der Waals surface area contributed by atoms with E-state index in [4.69, 9.17) is 12.2 Å². The van der Waals surface area contributed by atoms with Crippen LogP contribution in [0.15, 0.2) is 22.7 Å². The summed E-state index contributed by atoms with van der Waals surface area (Å²) in [6.07, 6.45) is 5.09. The molecule has 86 valence electrons. The highest BCUT2D eigenvalue weighted by Gasteiger charge is 2.15. The lowest BCUT2D eigenvalue weighted by molar-refractivity contribution is 0.0963. The second kappa shape index (κ2) is 4.78. The Labute approximate surface area is 111 Å². The number of carbonyl (C=O) groups is 1. The smallest absolute Gasteiger partial charge is 0.264 e. The second-order valence-corrected chi connectivity index (χ2v) is 5.34. The number of amides is 1. The molecule has 0 fully saturated rings. The minimum atomic E-state index is -0.224. The third-order valence-electron chi connectivity index (χ3n) is 2.25. The van der Waals surface area contributed by atoms with E-state index in [1.165, 1.54) is 11.3 Å². The van der Waals surface area contributed by atoms with Gasteiger partial charge in [0.1, 0.15) is 4.88 Å². The number of nitrogens with one attached hydrogen (secondary N) is 1. The first-order valence-electron chi connectivity index (χ1n) is 4.82. The highest BCUT2D eigenvalue weighted by atomic mass is 79.9. The van der Waals surface area contributed by atoms with Gasteiger partial charge < -0.3 is 11.1 Å². The third-order valence-corrected chi connectivity index (χ3v) is 3.92. The SMILES string of the molecule is C#CCNC(=O)c1sc2ccc(Br)cc2c1N. The van der Waals surface area contributed by atoms with Gasteiger partial charge in [-0.15, -0.1) is 17.8 Å². The van der Waals surface area contributed by atoms with Gasteiger partial charge in [-0.3, -0.25) is 4.79 Å². The summed E-state index contributed by atoms with van der Waals surface area (Å²) in [4.78, 5) is 12.3. The van der Waals surface area contributed by atoms with E-state index in [2.05, 4.69) is 27.2 Å². The van der Waals surface area contributed by atoms with Gasteiger partial charge in [-0.2, -0.15) is 0 Å². The van der Waals surface area contributed by atoms with Crippen LogP contribution in [0.1, 0.15) is 9.67 Å². The van der Waals surface area contributed by atoms with Crippen LogP contribution >= 0.6 is 27.3 Å². The second-order valence-electron chi connectivity index (χ2n) is 3.37. The standard InChI is InChI=1S/C12H9BrN2OS/c1-2-5-15-12(16)11-10(14)8-6-7(13)3-4-9(8)17-11/h1,3-4,6H,5,14H2,(H,15,16). The molecule has 3 nitrogen and oxygen atoms in total. The summed E-state index contributed by atoms with van der Waals surface area (Å²) in [5.74, 6) is 2.13. The third kappa shape index (κ3) is 2.28. The molecule has 0 bridgehead atoms. The predicted molar refractivity (Wildman–Crippen MR) is 75.1 cm³/mol. The van der Waals surface area contributed by atoms with Gasteiger partial charge in [0.15, 0.2) is 0 Å². The fraction of sp³-hybridized carbons (Fsp3) is 0.0833. The van der Waals surface area contributed by atoms with Crippen molar-refractivity contribution in [2.75, 3.05) is 12.3 Å². The molecule has 1 heterocycles. The molecular formula is C12H9BrN2OS. The number of hydrogen-bond donors (Lipinski definition) is 2. The monoisotopic (exact) mass is 308 g/mol. The van der Waals surface area contributed by atoms with Crippen LogP contribution in [0.25, 0.3) is 10.1 Å². The number of halogens is 1. The molecule has 0 aliphatic carbocycles. The van der Waals surface area contributed by atoms with E-state index in [1.54, 1.807) is 0 Å². The number of anilines is 1. The molecule has 0 spiro atoms. The van der Waals surface area contributed by atoms with E-state index in [0.717, 1.165) is 14.6 Å². The van der Waals surface area contributed by atoms with Crippen LogP contribution in [0.5, 0.6) is 0 Å². The number of fused-ring (bicyclic) bond motifs is 1. The van der Waals surface area contributed by atoms with Gasteiger partial charge in [-0.1, -0.05) is 21.9 Å². The minimum Gasteiger partial charge on any atom is -0.397 e. The van der Waals surface area contributed by atoms with Gasteiger partial charge in [-0.25, -0.2) is 0 Å². The number of nitrogens with two attached hydrogens (primary N) is 1. The van der Waals surface area contributed by atoms with Gasteiger partial charge >= 0.3 is 0 Å². The molecule has 0 aliphatic rings. The number of thiophene rings is 1. The summed E-state index contributed by atoms with van der Waals surface area (Å²) in [6, 6.07) is 5.75. The largest absolute Gasteiger partial charge is 0.397 e. The molecule has 1 amide bonds. The van der Waals surface area contributed by atoms with E-state index in [0.29, 0.717) is 10.6 Å². The van der Waals surface area contributed by atoms with Crippen molar-refractivity contribution in [2.24, 2.45) is 0 Å². The van der Waals surface area contributed by atoms with E-state index in [1.807, 2.05) is 18.2 Å². The number of carbonyl (C=O) groups excluding carboxylic acids is 1. The first-order valence-corrected chi connectivity index (χ1v) is 6.43. The van der Waals surface area contributed by atoms with Gasteiger partial charge in [-0.05, 0) is 18.2 Å². The summed E-state index contributed by atoms with van der Waals surface area (Å²) in [7, 11) is 0. The Morgan fingerprint density at radius 1 is 1.59 bits per heavy atom. The van der Waals surface area contributed by atoms with Gasteiger partial charge in [0, 0.05) is 14.6 Å². The van der Waals surface area contributed by atoms with Crippen molar-refractivity contribution in [2.45, 2.75) is 0 Å². The van der Waals surface area contributed by atoms with Crippen LogP contribution in [-0.2, 0) is 0 Å². The molecule has 0 saturated heterocycles. The molecular weight excluding hydrogens is 300 g/mol. The molecule has 2 rings (SSSR count). The van der Waals surface area contributed by atoms with E-state index in [-0.39, 0.29) is 12.5 Å². The van der Waals surface area contributed by atoms with Crippen molar-refractivity contribution in [3.63, 3.8) is 0 Å². The van der Waals surface area contributed by atoms with E-state index >= 15 is 0 Å². The predicted octanol–water partition coefficient (Wildman–Crippen LogP) is 2.61. The Bertz CT molecular complexity index is 627. The van der Waals surface area contributed by atoms with Crippen molar-refractivity contribution in [1.82, 2.24) is 5.32 Å². The molecule has 0 saturated carbocycles. The highest BCUT2D eigenvalue weighted by Crippen LogP contribution is 2.35. The Morgan fingerprint density at radius 3 is 3.06 bits per heavy atom. The van der Waals surface area contributed by atoms with Crippen molar-refractivity contribution < 1.29 is 4.79 Å². The molecule has 2 aromatic rings. The zero-order valence-corrected chi connectivity index (χ0v) is 11.2. The number of rotatable bonds is 2. The van der Waals surface area contributed by atoms with E-state index in [9.17, 15) is 4.79 Å². The Hall–Kier alpha value is -1.51. The minimum absolute atomic E-state index is 0.205. The maximum absolute atomic E-state index is 11.8. The Balaban J connectivity index is 2.46. The molecule has 0 unspecified atom stereocenters. The molecule has 1 aromatic carbocycles. The Kier molecular flexibility index (Phi) is 3.36. The Morgan fingerprint density at radius 2 is 2.35 bits per heavy atom. The topological polar surface area (TPSA) is 55.1 Å². The molecule has 3 N–H and O–H groups in total. The van der Waals surface area contributed by atoms with Crippen molar-refractivity contribution in [1.29, 1.82) is 0 Å². The average Bonchev–Trinajstić information content (AvgIpc) is 2.64. The molecule has 5 heteroatoms. The molecule has 17 heavy (non-hydrogen) atoms. The van der Waals surface area contributed by atoms with Crippen LogP contribution in [-0.4, -0.2) is 12.5 Å². The zero-order chi connectivity index (χ0) is 12.4. The maximum Gasteiger partial charge on any atom is 0.264 e. The molecule has 1 aromatic heterocycles. The normalized spacial score (nSPS) is 10.1. The van der Waals surface area contributed by atoms with Crippen molar-refractivity contribution in [3.8, 4) is 12.3 Å². The summed E-state index contributed by atoms with van der Waals surface area (Å²) in [5, 5.41) is 3.49. The summed E-state index contributed by atoms with van der Waals surface area (Å²) in [6.45, 7) is 0.205. The lowest BCUT2D eigenvalue weighted by Gasteiger charge is -1.99. The lowest BCUT2D eigenvalue weighted by atomic mass is 10.2. The molecule has 0 radical (unpaired) electrons. The van der Waals surface area contributed by atoms with Crippen LogP contribution in [0.3, 0.4) is 0 Å². The zero-order valence-electron chi connectivity index (χ0n) is 8.79. The van der Waals surface area contributed by atoms with Crippen LogP contribution < -0.4 is 11.1 Å². The van der Waals surface area contributed by atoms with Crippen LogP contribution in [0, 0.1) is 12.3 Å². The lowest BCUT2D eigenvalue weighted by Crippen LogP contribution is -2.23. The first kappa shape index (κ1) is 12.0. The average molecular weight is 309 g/mol. The van der Waals surface area contributed by atoms with Crippen LogP contribution in [0.4, 0.5) is 5.69 Å². The van der Waals surface area contributed by atoms with Gasteiger partial charge in [0.25, 0.3) is 5.91 Å². The highest BCUT2D eigenvalue weighted by molar-refractivity contribution is 9.10. The maximum atomic E-state index is 11.8. The van der Waals surface area contributed by atoms with E-state index < -0.39 is 0 Å². The summed E-state index contributed by atoms with van der Waals surface area (Å²) < 4.78 is 1.92. The molecule has 0 aliphatic heterocycles.